The van der Waals surface area contributed by atoms with Gasteiger partial charge in [0.15, 0.2) is 0 Å². The first-order valence-corrected chi connectivity index (χ1v) is 12.4. The summed E-state index contributed by atoms with van der Waals surface area (Å²) in [6.45, 7) is 8.65. The van der Waals surface area contributed by atoms with E-state index in [2.05, 4.69) is 10.2 Å². The van der Waals surface area contributed by atoms with Gasteiger partial charge >= 0.3 is 0 Å². The number of rotatable bonds is 7. The number of anilines is 3. The minimum absolute atomic E-state index is 0.345. The number of hydrogen-bond acceptors (Lipinski definition) is 5. The van der Waals surface area contributed by atoms with Crippen LogP contribution in [0.3, 0.4) is 0 Å². The van der Waals surface area contributed by atoms with Crippen LogP contribution in [0.5, 0.6) is 0 Å². The predicted molar refractivity (Wildman–Crippen MR) is 125 cm³/mol. The molecule has 0 aromatic heterocycles. The van der Waals surface area contributed by atoms with E-state index in [1.54, 1.807) is 0 Å². The summed E-state index contributed by atoms with van der Waals surface area (Å²) >= 11 is 0. The number of sulfonamides is 1. The van der Waals surface area contributed by atoms with E-state index in [-0.39, 0.29) is 5.91 Å². The predicted octanol–water partition coefficient (Wildman–Crippen LogP) is 3.32. The Hall–Kier alpha value is -2.58. The summed E-state index contributed by atoms with van der Waals surface area (Å²) in [6.07, 6.45) is 1.49. The summed E-state index contributed by atoms with van der Waals surface area (Å²) in [5.41, 5.74) is 3.98. The van der Waals surface area contributed by atoms with Gasteiger partial charge in [-0.2, -0.15) is 0 Å². The third-order valence-electron chi connectivity index (χ3n) is 5.44. The molecule has 1 atom stereocenters. The van der Waals surface area contributed by atoms with Gasteiger partial charge in [-0.25, -0.2) is 8.42 Å². The van der Waals surface area contributed by atoms with Crippen molar-refractivity contribution in [3.05, 3.63) is 53.6 Å². The smallest absolute Gasteiger partial charge is 0.248 e. The quantitative estimate of drug-likeness (QED) is 0.707. The number of morpholine rings is 1. The van der Waals surface area contributed by atoms with Crippen molar-refractivity contribution in [3.63, 3.8) is 0 Å². The van der Waals surface area contributed by atoms with E-state index in [0.29, 0.717) is 31.0 Å². The van der Waals surface area contributed by atoms with Crippen molar-refractivity contribution in [2.75, 3.05) is 47.1 Å². The molecule has 31 heavy (non-hydrogen) atoms. The minimum Gasteiger partial charge on any atom is -0.378 e. The molecule has 1 saturated heterocycles. The molecule has 1 aliphatic rings. The number of benzene rings is 2. The Morgan fingerprint density at radius 1 is 1.13 bits per heavy atom. The average molecular weight is 446 g/mol. The average Bonchev–Trinajstić information content (AvgIpc) is 2.74. The standard InChI is InChI=1S/C23H31N3O4S/c1-5-21(26(31(4,28)29)22-16-17(2)6-7-18(22)3)23(27)24-19-8-10-20(11-9-19)25-12-14-30-15-13-25/h6-11,16,21H,5,12-15H2,1-4H3,(H,24,27)/t21-/m1/s1. The lowest BCUT2D eigenvalue weighted by molar-refractivity contribution is -0.117. The molecule has 8 heteroatoms. The van der Waals surface area contributed by atoms with Crippen molar-refractivity contribution in [1.29, 1.82) is 0 Å². The normalized spacial score (nSPS) is 15.4. The molecule has 1 N–H and O–H groups in total. The maximum atomic E-state index is 13.1. The molecule has 2 aromatic rings. The number of carbonyl (C=O) groups excluding carboxylic acids is 1. The van der Waals surface area contributed by atoms with Crippen LogP contribution in [0.4, 0.5) is 17.1 Å². The van der Waals surface area contributed by atoms with Crippen LogP contribution in [0.2, 0.25) is 0 Å². The molecule has 7 nitrogen and oxygen atoms in total. The first-order valence-electron chi connectivity index (χ1n) is 10.5. The second kappa shape index (κ2) is 9.70. The largest absolute Gasteiger partial charge is 0.378 e. The van der Waals surface area contributed by atoms with E-state index in [9.17, 15) is 13.2 Å². The molecule has 168 valence electrons. The van der Waals surface area contributed by atoms with Gasteiger partial charge in [0.1, 0.15) is 6.04 Å². The van der Waals surface area contributed by atoms with E-state index >= 15 is 0 Å². The molecule has 0 spiro atoms. The van der Waals surface area contributed by atoms with Crippen LogP contribution >= 0.6 is 0 Å². The van der Waals surface area contributed by atoms with Crippen molar-refractivity contribution in [2.45, 2.75) is 33.2 Å². The van der Waals surface area contributed by atoms with Gasteiger partial charge in [0.25, 0.3) is 0 Å². The third-order valence-corrected chi connectivity index (χ3v) is 6.61. The lowest BCUT2D eigenvalue weighted by Crippen LogP contribution is -2.47. The van der Waals surface area contributed by atoms with Crippen molar-refractivity contribution in [3.8, 4) is 0 Å². The number of hydrogen-bond donors (Lipinski definition) is 1. The van der Waals surface area contributed by atoms with E-state index in [4.69, 9.17) is 4.74 Å². The molecule has 0 unspecified atom stereocenters. The van der Waals surface area contributed by atoms with E-state index in [0.717, 1.165) is 36.2 Å². The fourth-order valence-corrected chi connectivity index (χ4v) is 5.06. The third kappa shape index (κ3) is 5.57. The van der Waals surface area contributed by atoms with Crippen LogP contribution in [-0.4, -0.2) is 52.9 Å². The Bertz CT molecular complexity index is 1020. The number of amides is 1. The van der Waals surface area contributed by atoms with Gasteiger partial charge in [0, 0.05) is 24.5 Å². The van der Waals surface area contributed by atoms with Gasteiger partial charge in [-0.15, -0.1) is 0 Å². The number of aryl methyl sites for hydroxylation is 2. The van der Waals surface area contributed by atoms with Gasteiger partial charge in [-0.3, -0.25) is 9.10 Å². The van der Waals surface area contributed by atoms with Crippen LogP contribution < -0.4 is 14.5 Å². The van der Waals surface area contributed by atoms with E-state index < -0.39 is 16.1 Å². The second-order valence-corrected chi connectivity index (χ2v) is 9.77. The van der Waals surface area contributed by atoms with Crippen LogP contribution in [0, 0.1) is 13.8 Å². The molecule has 0 radical (unpaired) electrons. The lowest BCUT2D eigenvalue weighted by atomic mass is 10.1. The SMILES string of the molecule is CC[C@H](C(=O)Nc1ccc(N2CCOCC2)cc1)N(c1cc(C)ccc1C)S(C)(=O)=O. The molecule has 1 heterocycles. The summed E-state index contributed by atoms with van der Waals surface area (Å²) in [5, 5.41) is 2.89. The van der Waals surface area contributed by atoms with Crippen molar-refractivity contribution < 1.29 is 17.9 Å². The number of carbonyl (C=O) groups is 1. The molecule has 0 saturated carbocycles. The van der Waals surface area contributed by atoms with Crippen LogP contribution in [0.25, 0.3) is 0 Å². The van der Waals surface area contributed by atoms with Gasteiger partial charge in [0.2, 0.25) is 15.9 Å². The molecule has 1 amide bonds. The number of nitrogens with one attached hydrogen (secondary N) is 1. The molecule has 2 aromatic carbocycles. The van der Waals surface area contributed by atoms with Gasteiger partial charge < -0.3 is 15.0 Å². The molecule has 0 aliphatic carbocycles. The summed E-state index contributed by atoms with van der Waals surface area (Å²) < 4.78 is 32.0. The molecular formula is C23H31N3O4S. The zero-order chi connectivity index (χ0) is 22.6. The summed E-state index contributed by atoms with van der Waals surface area (Å²) in [6, 6.07) is 12.4. The summed E-state index contributed by atoms with van der Waals surface area (Å²) in [7, 11) is -3.67. The van der Waals surface area contributed by atoms with Crippen molar-refractivity contribution in [1.82, 2.24) is 0 Å². The molecule has 0 bridgehead atoms. The zero-order valence-electron chi connectivity index (χ0n) is 18.6. The fraction of sp³-hybridized carbons (Fsp3) is 0.435. The second-order valence-electron chi connectivity index (χ2n) is 7.91. The summed E-state index contributed by atoms with van der Waals surface area (Å²) in [4.78, 5) is 15.4. The van der Waals surface area contributed by atoms with Gasteiger partial charge in [-0.05, 0) is 61.7 Å². The lowest BCUT2D eigenvalue weighted by Gasteiger charge is -2.31. The minimum atomic E-state index is -3.67. The first-order chi connectivity index (χ1) is 14.7. The maximum Gasteiger partial charge on any atom is 0.248 e. The highest BCUT2D eigenvalue weighted by molar-refractivity contribution is 7.92. The number of nitrogens with zero attached hydrogens (tertiary/aromatic N) is 2. The van der Waals surface area contributed by atoms with Crippen molar-refractivity contribution >= 4 is 33.0 Å². The van der Waals surface area contributed by atoms with Crippen LogP contribution in [-0.2, 0) is 19.6 Å². The highest BCUT2D eigenvalue weighted by Gasteiger charge is 2.32. The molecule has 1 fully saturated rings. The molecular weight excluding hydrogens is 414 g/mol. The highest BCUT2D eigenvalue weighted by atomic mass is 32.2. The summed E-state index contributed by atoms with van der Waals surface area (Å²) in [5.74, 6) is -0.354. The first kappa shape index (κ1) is 23.1. The topological polar surface area (TPSA) is 79.0 Å². The Balaban J connectivity index is 1.82. The Kier molecular flexibility index (Phi) is 7.23. The van der Waals surface area contributed by atoms with Crippen LogP contribution in [0.1, 0.15) is 24.5 Å². The zero-order valence-corrected chi connectivity index (χ0v) is 19.4. The fourth-order valence-electron chi connectivity index (χ4n) is 3.79. The van der Waals surface area contributed by atoms with Crippen LogP contribution in [0.15, 0.2) is 42.5 Å². The Morgan fingerprint density at radius 3 is 2.35 bits per heavy atom. The highest BCUT2D eigenvalue weighted by Crippen LogP contribution is 2.28. The van der Waals surface area contributed by atoms with E-state index in [1.165, 1.54) is 4.31 Å². The Morgan fingerprint density at radius 2 is 1.77 bits per heavy atom. The maximum absolute atomic E-state index is 13.1. The molecule has 3 rings (SSSR count). The number of ether oxygens (including phenoxy) is 1. The van der Waals surface area contributed by atoms with Gasteiger partial charge in [-0.1, -0.05) is 19.1 Å². The Labute approximate surface area is 185 Å². The van der Waals surface area contributed by atoms with E-state index in [1.807, 2.05) is 63.2 Å². The molecule has 1 aliphatic heterocycles. The monoisotopic (exact) mass is 445 g/mol. The van der Waals surface area contributed by atoms with Gasteiger partial charge in [0.05, 0.1) is 25.2 Å². The van der Waals surface area contributed by atoms with Crippen molar-refractivity contribution in [2.24, 2.45) is 0 Å².